The Morgan fingerprint density at radius 1 is 0.886 bits per heavy atom. The van der Waals surface area contributed by atoms with Crippen LogP contribution >= 0.6 is 0 Å². The molecule has 3 aromatic rings. The van der Waals surface area contributed by atoms with Gasteiger partial charge in [0.05, 0.1) is 17.4 Å². The Morgan fingerprint density at radius 2 is 1.54 bits per heavy atom. The van der Waals surface area contributed by atoms with Crippen molar-refractivity contribution in [2.75, 3.05) is 31.5 Å². The molecule has 0 aliphatic carbocycles. The maximum Gasteiger partial charge on any atom is 0.417 e. The molecule has 182 valence electrons. The summed E-state index contributed by atoms with van der Waals surface area (Å²) in [5.41, 5.74) is 0.157. The number of nitrogens with zero attached hydrogens (tertiary/aromatic N) is 2. The first-order valence-corrected chi connectivity index (χ1v) is 10.9. The molecule has 2 aromatic carbocycles. The molecular weight excluding hydrogens is 463 g/mol. The fraction of sp³-hybridized carbons (Fsp3) is 0.240. The van der Waals surface area contributed by atoms with Crippen molar-refractivity contribution in [3.63, 3.8) is 0 Å². The van der Waals surface area contributed by atoms with Crippen LogP contribution in [-0.2, 0) is 6.18 Å². The van der Waals surface area contributed by atoms with Gasteiger partial charge in [0, 0.05) is 37.4 Å². The van der Waals surface area contributed by atoms with E-state index in [1.165, 1.54) is 34.3 Å². The fourth-order valence-electron chi connectivity index (χ4n) is 3.86. The number of anilines is 1. The van der Waals surface area contributed by atoms with Crippen molar-refractivity contribution in [2.45, 2.75) is 13.1 Å². The normalized spacial score (nSPS) is 14.1. The van der Waals surface area contributed by atoms with E-state index in [2.05, 4.69) is 5.32 Å². The summed E-state index contributed by atoms with van der Waals surface area (Å²) in [5, 5.41) is 2.72. The second kappa shape index (κ2) is 9.65. The van der Waals surface area contributed by atoms with Gasteiger partial charge < -0.3 is 19.5 Å². The molecule has 7 nitrogen and oxygen atoms in total. The van der Waals surface area contributed by atoms with E-state index in [-0.39, 0.29) is 37.8 Å². The van der Waals surface area contributed by atoms with Crippen molar-refractivity contribution in [2.24, 2.45) is 0 Å². The number of nitrogens with one attached hydrogen (secondary N) is 1. The standard InChI is InChI=1S/C25H22F3N3O4/c1-16-8-9-17(15-20(16)29-22(32)21-7-4-14-35-21)23(33)30-10-12-31(13-11-30)24(34)18-5-2-3-6-19(18)25(26,27)28/h2-9,14-15H,10-13H2,1H3,(H,29,32). The smallest absolute Gasteiger partial charge is 0.417 e. The lowest BCUT2D eigenvalue weighted by atomic mass is 10.1. The van der Waals surface area contributed by atoms with Crippen LogP contribution in [0, 0.1) is 6.92 Å². The zero-order valence-electron chi connectivity index (χ0n) is 18.8. The van der Waals surface area contributed by atoms with Crippen molar-refractivity contribution < 1.29 is 32.0 Å². The number of carbonyl (C=O) groups is 3. The number of piperazine rings is 1. The molecule has 4 rings (SSSR count). The average molecular weight is 485 g/mol. The predicted molar refractivity (Wildman–Crippen MR) is 121 cm³/mol. The Labute approximate surface area is 199 Å². The highest BCUT2D eigenvalue weighted by Crippen LogP contribution is 2.32. The number of hydrogen-bond acceptors (Lipinski definition) is 4. The lowest BCUT2D eigenvalue weighted by Gasteiger charge is -2.35. The largest absolute Gasteiger partial charge is 0.459 e. The molecule has 0 atom stereocenters. The van der Waals surface area contributed by atoms with Crippen LogP contribution in [-0.4, -0.2) is 53.7 Å². The lowest BCUT2D eigenvalue weighted by Crippen LogP contribution is -2.50. The van der Waals surface area contributed by atoms with Crippen LogP contribution < -0.4 is 5.32 Å². The third-order valence-electron chi connectivity index (χ3n) is 5.79. The number of halogens is 3. The quantitative estimate of drug-likeness (QED) is 0.592. The third-order valence-corrected chi connectivity index (χ3v) is 5.79. The maximum atomic E-state index is 13.3. The molecule has 0 spiro atoms. The summed E-state index contributed by atoms with van der Waals surface area (Å²) in [4.78, 5) is 41.0. The summed E-state index contributed by atoms with van der Waals surface area (Å²) in [5.74, 6) is -1.34. The summed E-state index contributed by atoms with van der Waals surface area (Å²) in [6, 6.07) is 12.7. The van der Waals surface area contributed by atoms with E-state index >= 15 is 0 Å². The van der Waals surface area contributed by atoms with E-state index in [0.717, 1.165) is 17.7 Å². The van der Waals surface area contributed by atoms with Crippen molar-refractivity contribution in [3.05, 3.63) is 88.9 Å². The molecule has 0 unspecified atom stereocenters. The first-order valence-electron chi connectivity index (χ1n) is 10.9. The highest BCUT2D eigenvalue weighted by Gasteiger charge is 2.36. The Bertz CT molecular complexity index is 1250. The topological polar surface area (TPSA) is 82.9 Å². The number of aryl methyl sites for hydroxylation is 1. The van der Waals surface area contributed by atoms with Gasteiger partial charge in [-0.25, -0.2) is 0 Å². The van der Waals surface area contributed by atoms with Crippen LogP contribution in [0.4, 0.5) is 18.9 Å². The van der Waals surface area contributed by atoms with Crippen molar-refractivity contribution >= 4 is 23.4 Å². The molecule has 10 heteroatoms. The molecule has 3 amide bonds. The SMILES string of the molecule is Cc1ccc(C(=O)N2CCN(C(=O)c3ccccc3C(F)(F)F)CC2)cc1NC(=O)c1ccco1. The first-order chi connectivity index (χ1) is 16.6. The van der Waals surface area contributed by atoms with Gasteiger partial charge in [0.1, 0.15) is 0 Å². The van der Waals surface area contributed by atoms with Crippen molar-refractivity contribution in [1.82, 2.24) is 9.80 Å². The zero-order chi connectivity index (χ0) is 25.2. The zero-order valence-corrected chi connectivity index (χ0v) is 18.8. The maximum absolute atomic E-state index is 13.3. The molecule has 1 aliphatic heterocycles. The van der Waals surface area contributed by atoms with Crippen LogP contribution in [0.25, 0.3) is 0 Å². The van der Waals surface area contributed by atoms with Crippen molar-refractivity contribution in [1.29, 1.82) is 0 Å². The van der Waals surface area contributed by atoms with E-state index in [1.54, 1.807) is 31.2 Å². The Balaban J connectivity index is 1.43. The van der Waals surface area contributed by atoms with Gasteiger partial charge >= 0.3 is 6.18 Å². The van der Waals surface area contributed by atoms with Gasteiger partial charge in [0.2, 0.25) is 0 Å². The molecule has 0 bridgehead atoms. The summed E-state index contributed by atoms with van der Waals surface area (Å²) in [7, 11) is 0. The van der Waals surface area contributed by atoms with Gasteiger partial charge in [-0.05, 0) is 48.9 Å². The van der Waals surface area contributed by atoms with Crippen LogP contribution in [0.1, 0.15) is 42.4 Å². The second-order valence-electron chi connectivity index (χ2n) is 8.09. The van der Waals surface area contributed by atoms with E-state index in [4.69, 9.17) is 4.42 Å². The van der Waals surface area contributed by atoms with E-state index in [1.807, 2.05) is 0 Å². The number of amides is 3. The summed E-state index contributed by atoms with van der Waals surface area (Å²) in [6.45, 7) is 2.33. The van der Waals surface area contributed by atoms with Gasteiger partial charge in [-0.15, -0.1) is 0 Å². The Morgan fingerprint density at radius 3 is 2.17 bits per heavy atom. The number of carbonyl (C=O) groups excluding carboxylic acids is 3. The minimum absolute atomic E-state index is 0.102. The molecular formula is C25H22F3N3O4. The van der Waals surface area contributed by atoms with Crippen LogP contribution in [0.2, 0.25) is 0 Å². The average Bonchev–Trinajstić information content (AvgIpc) is 3.39. The molecule has 1 N–H and O–H groups in total. The fourth-order valence-corrected chi connectivity index (χ4v) is 3.86. The molecule has 1 fully saturated rings. The molecule has 2 heterocycles. The van der Waals surface area contributed by atoms with Crippen molar-refractivity contribution in [3.8, 4) is 0 Å². The summed E-state index contributed by atoms with van der Waals surface area (Å²) >= 11 is 0. The van der Waals surface area contributed by atoms with E-state index in [0.29, 0.717) is 11.3 Å². The van der Waals surface area contributed by atoms with Crippen LogP contribution in [0.3, 0.4) is 0 Å². The number of rotatable bonds is 4. The highest BCUT2D eigenvalue weighted by molar-refractivity contribution is 6.04. The van der Waals surface area contributed by atoms with Gasteiger partial charge in [0.25, 0.3) is 17.7 Å². The molecule has 1 saturated heterocycles. The van der Waals surface area contributed by atoms with Gasteiger partial charge in [-0.1, -0.05) is 18.2 Å². The molecule has 1 aliphatic rings. The number of benzene rings is 2. The monoisotopic (exact) mass is 485 g/mol. The molecule has 1 aromatic heterocycles. The number of hydrogen-bond donors (Lipinski definition) is 1. The minimum atomic E-state index is -4.64. The molecule has 0 saturated carbocycles. The predicted octanol–water partition coefficient (Wildman–Crippen LogP) is 4.46. The third kappa shape index (κ3) is 5.21. The number of furan rings is 1. The highest BCUT2D eigenvalue weighted by atomic mass is 19.4. The van der Waals surface area contributed by atoms with Gasteiger partial charge in [-0.2, -0.15) is 13.2 Å². The lowest BCUT2D eigenvalue weighted by molar-refractivity contribution is -0.138. The summed E-state index contributed by atoms with van der Waals surface area (Å²) in [6.07, 6.45) is -3.26. The Hall–Kier alpha value is -4.08. The molecule has 0 radical (unpaired) electrons. The van der Waals surface area contributed by atoms with Gasteiger partial charge in [-0.3, -0.25) is 14.4 Å². The number of alkyl halides is 3. The van der Waals surface area contributed by atoms with Crippen LogP contribution in [0.5, 0.6) is 0 Å². The second-order valence-corrected chi connectivity index (χ2v) is 8.09. The Kier molecular flexibility index (Phi) is 6.63. The summed E-state index contributed by atoms with van der Waals surface area (Å²) < 4.78 is 45.0. The minimum Gasteiger partial charge on any atom is -0.459 e. The van der Waals surface area contributed by atoms with E-state index < -0.39 is 29.1 Å². The molecule has 35 heavy (non-hydrogen) atoms. The van der Waals surface area contributed by atoms with Crippen LogP contribution in [0.15, 0.2) is 65.3 Å². The first kappa shape index (κ1) is 24.1. The van der Waals surface area contributed by atoms with Gasteiger partial charge in [0.15, 0.2) is 5.76 Å². The van der Waals surface area contributed by atoms with E-state index in [9.17, 15) is 27.6 Å².